The Morgan fingerprint density at radius 2 is 0.969 bits per heavy atom. The van der Waals surface area contributed by atoms with Crippen LogP contribution in [0.15, 0.2) is 43.2 Å². The third-order valence-electron chi connectivity index (χ3n) is 3.79. The van der Waals surface area contributed by atoms with Gasteiger partial charge in [-0.1, -0.05) is 24.8 Å². The number of esters is 1. The van der Waals surface area contributed by atoms with Gasteiger partial charge in [0.1, 0.15) is 13.2 Å². The predicted molar refractivity (Wildman–Crippen MR) is 118 cm³/mol. The zero-order valence-electron chi connectivity index (χ0n) is 18.7. The molecule has 0 aliphatic carbocycles. The maximum atomic E-state index is 11.7. The average molecular weight is 457 g/mol. The highest BCUT2D eigenvalue weighted by Crippen LogP contribution is 2.00. The summed E-state index contributed by atoms with van der Waals surface area (Å²) in [6.07, 6.45) is 1.39. The van der Waals surface area contributed by atoms with Gasteiger partial charge in [-0.3, -0.25) is 0 Å². The first-order valence-electron chi connectivity index (χ1n) is 10.8. The average Bonchev–Trinajstić information content (AvgIpc) is 2.82. The van der Waals surface area contributed by atoms with Crippen LogP contribution < -0.4 is 0 Å². The van der Waals surface area contributed by atoms with E-state index in [-0.39, 0.29) is 12.6 Å². The van der Waals surface area contributed by atoms with Gasteiger partial charge in [-0.2, -0.15) is 0 Å². The third kappa shape index (κ3) is 17.6. The molecule has 1 aromatic rings. The largest absolute Gasteiger partial charge is 0.499 e. The Morgan fingerprint density at radius 1 is 0.594 bits per heavy atom. The van der Waals surface area contributed by atoms with Gasteiger partial charge in [0, 0.05) is 0 Å². The van der Waals surface area contributed by atoms with Gasteiger partial charge >= 0.3 is 5.97 Å². The Labute approximate surface area is 190 Å². The molecule has 0 amide bonds. The number of benzene rings is 1. The number of rotatable bonds is 23. The van der Waals surface area contributed by atoms with Crippen LogP contribution in [0.2, 0.25) is 0 Å². The van der Waals surface area contributed by atoms with E-state index in [1.54, 1.807) is 24.3 Å². The molecule has 0 aliphatic heterocycles. The number of carbonyl (C=O) groups excluding carboxylic acids is 1. The van der Waals surface area contributed by atoms with Crippen molar-refractivity contribution in [3.63, 3.8) is 0 Å². The highest BCUT2D eigenvalue weighted by molar-refractivity contribution is 5.89. The second kappa shape index (κ2) is 22.2. The van der Waals surface area contributed by atoms with Crippen molar-refractivity contribution in [3.05, 3.63) is 48.7 Å². The molecule has 182 valence electrons. The summed E-state index contributed by atoms with van der Waals surface area (Å²) in [6, 6.07) is 8.85. The van der Waals surface area contributed by atoms with E-state index >= 15 is 0 Å². The number of hydrogen-bond acceptors (Lipinski definition) is 9. The minimum absolute atomic E-state index is 0.210. The highest BCUT2D eigenvalue weighted by atomic mass is 16.6. The van der Waals surface area contributed by atoms with Crippen LogP contribution in [-0.2, 0) is 37.9 Å². The van der Waals surface area contributed by atoms with Crippen molar-refractivity contribution in [1.82, 2.24) is 0 Å². The molecule has 0 radical (unpaired) electrons. The number of carbonyl (C=O) groups is 1. The Bertz CT molecular complexity index is 554. The number of ether oxygens (including phenoxy) is 8. The minimum Gasteiger partial charge on any atom is -0.499 e. The quantitative estimate of drug-likeness (QED) is 0.139. The van der Waals surface area contributed by atoms with E-state index in [0.717, 1.165) is 0 Å². The van der Waals surface area contributed by atoms with E-state index in [4.69, 9.17) is 37.9 Å². The van der Waals surface area contributed by atoms with Crippen LogP contribution in [-0.4, -0.2) is 98.5 Å². The lowest BCUT2D eigenvalue weighted by molar-refractivity contribution is -0.0206. The standard InChI is InChI=1S/C23H36O9/c1-2-25-8-9-26-10-11-27-12-13-28-14-15-29-16-17-30-18-19-31-20-21-32-23(24)22-6-4-3-5-7-22/h2-7H,1,8-21H2. The normalized spacial score (nSPS) is 10.8. The van der Waals surface area contributed by atoms with Gasteiger partial charge in [-0.15, -0.1) is 0 Å². The molecular formula is C23H36O9. The Kier molecular flexibility index (Phi) is 19.4. The molecule has 1 aromatic carbocycles. The molecule has 9 nitrogen and oxygen atoms in total. The fourth-order valence-corrected chi connectivity index (χ4v) is 2.24. The van der Waals surface area contributed by atoms with E-state index < -0.39 is 0 Å². The first-order chi connectivity index (χ1) is 15.8. The first-order valence-corrected chi connectivity index (χ1v) is 10.8. The molecular weight excluding hydrogens is 420 g/mol. The summed E-state index contributed by atoms with van der Waals surface area (Å²) in [5.74, 6) is -0.352. The van der Waals surface area contributed by atoms with Crippen LogP contribution >= 0.6 is 0 Å². The summed E-state index contributed by atoms with van der Waals surface area (Å²) >= 11 is 0. The molecule has 0 unspecified atom stereocenters. The van der Waals surface area contributed by atoms with Crippen molar-refractivity contribution in [1.29, 1.82) is 0 Å². The summed E-state index contributed by atoms with van der Waals surface area (Å²) in [5, 5.41) is 0. The summed E-state index contributed by atoms with van der Waals surface area (Å²) in [4.78, 5) is 11.7. The van der Waals surface area contributed by atoms with Crippen LogP contribution in [0.25, 0.3) is 0 Å². The Hall–Kier alpha value is -2.01. The minimum atomic E-state index is -0.352. The lowest BCUT2D eigenvalue weighted by Crippen LogP contribution is -2.15. The SMILES string of the molecule is C=COCCOCCOCCOCCOCCOCCOCCOC(=O)c1ccccc1. The van der Waals surface area contributed by atoms with Crippen molar-refractivity contribution >= 4 is 5.97 Å². The lowest BCUT2D eigenvalue weighted by Gasteiger charge is -2.08. The number of hydrogen-bond donors (Lipinski definition) is 0. The van der Waals surface area contributed by atoms with E-state index in [9.17, 15) is 4.79 Å². The van der Waals surface area contributed by atoms with Gasteiger partial charge in [0.2, 0.25) is 0 Å². The first kappa shape index (κ1) is 28.0. The summed E-state index contributed by atoms with van der Waals surface area (Å²) in [6.45, 7) is 9.93. The summed E-state index contributed by atoms with van der Waals surface area (Å²) in [5.41, 5.74) is 0.530. The smallest absolute Gasteiger partial charge is 0.338 e. The van der Waals surface area contributed by atoms with E-state index in [2.05, 4.69) is 6.58 Å². The van der Waals surface area contributed by atoms with E-state index in [1.807, 2.05) is 6.07 Å². The molecule has 0 saturated heterocycles. The van der Waals surface area contributed by atoms with Crippen LogP contribution in [0.3, 0.4) is 0 Å². The summed E-state index contributed by atoms with van der Waals surface area (Å²) < 4.78 is 42.3. The van der Waals surface area contributed by atoms with Crippen LogP contribution in [0.4, 0.5) is 0 Å². The zero-order chi connectivity index (χ0) is 23.0. The van der Waals surface area contributed by atoms with Gasteiger partial charge in [0.25, 0.3) is 0 Å². The van der Waals surface area contributed by atoms with Crippen molar-refractivity contribution in [2.75, 3.05) is 92.5 Å². The topological polar surface area (TPSA) is 90.9 Å². The molecule has 0 fully saturated rings. The van der Waals surface area contributed by atoms with Gasteiger partial charge in [0.05, 0.1) is 91.1 Å². The van der Waals surface area contributed by atoms with Crippen LogP contribution in [0.1, 0.15) is 10.4 Å². The van der Waals surface area contributed by atoms with E-state index in [1.165, 1.54) is 6.26 Å². The molecule has 0 saturated carbocycles. The molecule has 9 heteroatoms. The van der Waals surface area contributed by atoms with Crippen LogP contribution in [0.5, 0.6) is 0 Å². The van der Waals surface area contributed by atoms with Crippen LogP contribution in [0, 0.1) is 0 Å². The van der Waals surface area contributed by atoms with Crippen molar-refractivity contribution in [2.24, 2.45) is 0 Å². The van der Waals surface area contributed by atoms with Crippen molar-refractivity contribution in [2.45, 2.75) is 0 Å². The van der Waals surface area contributed by atoms with Crippen molar-refractivity contribution < 1.29 is 42.7 Å². The Morgan fingerprint density at radius 3 is 1.38 bits per heavy atom. The van der Waals surface area contributed by atoms with Crippen molar-refractivity contribution in [3.8, 4) is 0 Å². The molecule has 0 spiro atoms. The fourth-order valence-electron chi connectivity index (χ4n) is 2.24. The molecule has 32 heavy (non-hydrogen) atoms. The zero-order valence-corrected chi connectivity index (χ0v) is 18.7. The lowest BCUT2D eigenvalue weighted by atomic mass is 10.2. The second-order valence-electron chi connectivity index (χ2n) is 6.21. The highest BCUT2D eigenvalue weighted by Gasteiger charge is 2.04. The summed E-state index contributed by atoms with van der Waals surface area (Å²) in [7, 11) is 0. The van der Waals surface area contributed by atoms with Gasteiger partial charge in [-0.25, -0.2) is 4.79 Å². The second-order valence-corrected chi connectivity index (χ2v) is 6.21. The maximum absolute atomic E-state index is 11.7. The molecule has 0 heterocycles. The molecule has 0 N–H and O–H groups in total. The third-order valence-corrected chi connectivity index (χ3v) is 3.79. The predicted octanol–water partition coefficient (Wildman–Crippen LogP) is 2.10. The molecule has 0 aromatic heterocycles. The van der Waals surface area contributed by atoms with Gasteiger partial charge < -0.3 is 37.9 Å². The molecule has 1 rings (SSSR count). The monoisotopic (exact) mass is 456 g/mol. The Balaban J connectivity index is 1.70. The van der Waals surface area contributed by atoms with E-state index in [0.29, 0.717) is 91.5 Å². The molecule has 0 atom stereocenters. The van der Waals surface area contributed by atoms with Gasteiger partial charge in [0.15, 0.2) is 0 Å². The maximum Gasteiger partial charge on any atom is 0.338 e. The van der Waals surface area contributed by atoms with Gasteiger partial charge in [-0.05, 0) is 12.1 Å². The fraction of sp³-hybridized carbons (Fsp3) is 0.609. The molecule has 0 aliphatic rings. The molecule has 0 bridgehead atoms.